The van der Waals surface area contributed by atoms with E-state index in [9.17, 15) is 0 Å². The van der Waals surface area contributed by atoms with Crippen LogP contribution < -0.4 is 0 Å². The largest absolute Gasteiger partial charge is 0.333 e. The summed E-state index contributed by atoms with van der Waals surface area (Å²) in [6.45, 7) is 32.4. The first-order chi connectivity index (χ1) is 36.2. The highest BCUT2D eigenvalue weighted by atomic mass is 31.2. The van der Waals surface area contributed by atoms with Gasteiger partial charge >= 0.3 is 17.2 Å². The van der Waals surface area contributed by atoms with E-state index in [1.165, 1.54) is 167 Å². The molecule has 2 saturated heterocycles. The first-order valence-corrected chi connectivity index (χ1v) is 50.3. The van der Waals surface area contributed by atoms with Gasteiger partial charge in [0.05, 0.1) is 68.9 Å². The predicted octanol–water partition coefficient (Wildman–Crippen LogP) is 20.3. The third kappa shape index (κ3) is 11.4. The van der Waals surface area contributed by atoms with Gasteiger partial charge in [-0.15, -0.1) is 0 Å². The molecule has 76 heavy (non-hydrogen) atoms. The molecule has 0 radical (unpaired) electrons. The van der Waals surface area contributed by atoms with Crippen LogP contribution in [0.5, 0.6) is 0 Å². The molecule has 0 amide bonds. The maximum atomic E-state index is 8.00. The molecule has 434 valence electrons. The van der Waals surface area contributed by atoms with Crippen molar-refractivity contribution in [3.63, 3.8) is 0 Å². The van der Waals surface area contributed by atoms with Crippen LogP contribution in [0.1, 0.15) is 180 Å². The van der Waals surface area contributed by atoms with Crippen LogP contribution in [0.2, 0.25) is 101 Å². The van der Waals surface area contributed by atoms with Gasteiger partial charge in [-0.2, -0.15) is 0 Å². The minimum Gasteiger partial charge on any atom is -0.309 e. The predicted molar refractivity (Wildman–Crippen MR) is 330 cm³/mol. The van der Waals surface area contributed by atoms with Crippen LogP contribution in [0.25, 0.3) is 0 Å². The molecule has 12 rings (SSSR count). The third-order valence-corrected chi connectivity index (χ3v) is 39.6. The molecule has 24 unspecified atom stereocenters. The monoisotopic (exact) mass is 1150 g/mol. The summed E-state index contributed by atoms with van der Waals surface area (Å²) in [6.07, 6.45) is 40.1. The molecule has 12 heteroatoms. The van der Waals surface area contributed by atoms with E-state index in [2.05, 4.69) is 78.6 Å². The average Bonchev–Trinajstić information content (AvgIpc) is 3.72. The van der Waals surface area contributed by atoms with Gasteiger partial charge in [0, 0.05) is 0 Å². The van der Waals surface area contributed by atoms with Gasteiger partial charge in [0.25, 0.3) is 0 Å². The van der Waals surface area contributed by atoms with Crippen molar-refractivity contribution in [2.24, 2.45) is 82.9 Å². The molecule has 12 fully saturated rings. The van der Waals surface area contributed by atoms with Crippen molar-refractivity contribution >= 4 is 49.5 Å². The second-order valence-electron chi connectivity index (χ2n) is 33.9. The van der Waals surface area contributed by atoms with Gasteiger partial charge in [-0.1, -0.05) is 181 Å². The number of fused-ring (bicyclic) bond motifs is 14. The molecule has 0 bridgehead atoms. The highest BCUT2D eigenvalue weighted by Gasteiger charge is 2.65. The average molecular weight is 1160 g/mol. The van der Waals surface area contributed by atoms with Crippen LogP contribution in [-0.4, -0.2) is 68.9 Å². The third-order valence-electron chi connectivity index (χ3n) is 25.8. The van der Waals surface area contributed by atoms with Crippen LogP contribution in [0, 0.1) is 82.9 Å². The standard InChI is InChI=1S/C64H116O6P2Si4/c1-73(2,3)53-37-41-25-13-17-29-45(41)57-58-46-30-18-14-26-42(46)38-54(74(4,5)6)62(58)68-71(67-61(53)57)65-51-35-23-21-33-49(51)50-34-22-24-36-52(50)66-72-69-63-55(75(7,8)9)39-43-27-15-19-31-47(43)59(63)60-48-32-20-16-28-44(48)40-56(64(60)70-72)76(10,11)12/h41-64H,13-40H2,1-12H3. The molecule has 2 heterocycles. The van der Waals surface area contributed by atoms with Crippen molar-refractivity contribution in [1.29, 1.82) is 0 Å². The minimum atomic E-state index is -1.59. The molecule has 12 aliphatic rings. The summed E-state index contributed by atoms with van der Waals surface area (Å²) in [5, 5.41) is 0. The highest BCUT2D eigenvalue weighted by Crippen LogP contribution is 2.71. The quantitative estimate of drug-likeness (QED) is 0.169. The summed E-state index contributed by atoms with van der Waals surface area (Å²) < 4.78 is 47.8. The van der Waals surface area contributed by atoms with Gasteiger partial charge in [0.15, 0.2) is 0 Å². The van der Waals surface area contributed by atoms with Gasteiger partial charge in [-0.25, -0.2) is 0 Å². The van der Waals surface area contributed by atoms with Crippen molar-refractivity contribution in [3.8, 4) is 0 Å². The molecule has 0 spiro atoms. The summed E-state index contributed by atoms with van der Waals surface area (Å²) in [5.41, 5.74) is 2.74. The van der Waals surface area contributed by atoms with Crippen LogP contribution in [-0.2, 0) is 27.1 Å². The van der Waals surface area contributed by atoms with Crippen LogP contribution in [0.15, 0.2) is 0 Å². The second kappa shape index (κ2) is 23.1. The highest BCUT2D eigenvalue weighted by molar-refractivity contribution is 7.42. The normalized spacial score (nSPS) is 50.4. The maximum absolute atomic E-state index is 8.00. The van der Waals surface area contributed by atoms with Crippen molar-refractivity contribution in [2.75, 3.05) is 0 Å². The van der Waals surface area contributed by atoms with Crippen molar-refractivity contribution in [2.45, 2.75) is 317 Å². The Hall–Kier alpha value is 1.49. The molecule has 10 aliphatic carbocycles. The molecule has 2 aliphatic heterocycles. The van der Waals surface area contributed by atoms with E-state index in [1.807, 2.05) is 0 Å². The van der Waals surface area contributed by atoms with E-state index < -0.39 is 49.5 Å². The Kier molecular flexibility index (Phi) is 17.6. The SMILES string of the molecule is C[Si](C)(C)C1CC2CCCCC2C2C1OP(OC1CCCCC1C1CCCCC1OP1OC3C(C4CCCCC4CC3[Si](C)(C)C)C3C4CCCCC4CC([Si](C)(C)C)C3O1)OC1C2C2CCCCC2CC1[Si](C)(C)C. The number of rotatable bonds is 9. The zero-order valence-electron chi connectivity index (χ0n) is 51.0. The van der Waals surface area contributed by atoms with Gasteiger partial charge in [0.1, 0.15) is 0 Å². The lowest BCUT2D eigenvalue weighted by molar-refractivity contribution is -0.0866. The Morgan fingerprint density at radius 2 is 0.487 bits per heavy atom. The van der Waals surface area contributed by atoms with Crippen molar-refractivity contribution < 1.29 is 27.1 Å². The molecular weight excluding hydrogens is 1040 g/mol. The van der Waals surface area contributed by atoms with E-state index >= 15 is 0 Å². The van der Waals surface area contributed by atoms with Gasteiger partial charge < -0.3 is 27.1 Å². The van der Waals surface area contributed by atoms with Crippen LogP contribution in [0.3, 0.4) is 0 Å². The van der Waals surface area contributed by atoms with E-state index in [4.69, 9.17) is 27.1 Å². The molecule has 0 aromatic heterocycles. The summed E-state index contributed by atoms with van der Waals surface area (Å²) in [4.78, 5) is 0. The molecule has 0 aromatic carbocycles. The fourth-order valence-electron chi connectivity index (χ4n) is 22.3. The Morgan fingerprint density at radius 1 is 0.276 bits per heavy atom. The molecular formula is C64H116O6P2Si4. The van der Waals surface area contributed by atoms with Gasteiger partial charge in [-0.3, -0.25) is 0 Å². The van der Waals surface area contributed by atoms with Crippen molar-refractivity contribution in [3.05, 3.63) is 0 Å². The summed E-state index contributed by atoms with van der Waals surface area (Å²) >= 11 is 0. The van der Waals surface area contributed by atoms with E-state index in [0.717, 1.165) is 60.2 Å². The lowest BCUT2D eigenvalue weighted by atomic mass is 9.53. The smallest absolute Gasteiger partial charge is 0.309 e. The molecule has 24 atom stereocenters. The molecule has 0 aromatic rings. The Balaban J connectivity index is 0.865. The first kappa shape index (κ1) is 57.9. The second-order valence-corrected chi connectivity index (χ2v) is 57.9. The van der Waals surface area contributed by atoms with E-state index in [1.54, 1.807) is 0 Å². The Bertz CT molecular complexity index is 1710. The van der Waals surface area contributed by atoms with Crippen molar-refractivity contribution in [1.82, 2.24) is 0 Å². The van der Waals surface area contributed by atoms with Gasteiger partial charge in [-0.05, 0) is 182 Å². The van der Waals surface area contributed by atoms with E-state index in [-0.39, 0.29) is 12.2 Å². The zero-order chi connectivity index (χ0) is 53.1. The molecule has 6 nitrogen and oxygen atoms in total. The van der Waals surface area contributed by atoms with Crippen LogP contribution >= 0.6 is 17.2 Å². The Labute approximate surface area is 473 Å². The maximum Gasteiger partial charge on any atom is 0.333 e. The fraction of sp³-hybridized carbons (Fsp3) is 1.00. The summed E-state index contributed by atoms with van der Waals surface area (Å²) in [5.74, 6) is 10.3. The Morgan fingerprint density at radius 3 is 0.724 bits per heavy atom. The lowest BCUT2D eigenvalue weighted by Gasteiger charge is -2.59. The molecule has 0 N–H and O–H groups in total. The lowest BCUT2D eigenvalue weighted by Crippen LogP contribution is -2.58. The first-order valence-electron chi connectivity index (χ1n) is 33.8. The minimum absolute atomic E-state index is 0.171. The topological polar surface area (TPSA) is 55.4 Å². The molecule has 10 saturated carbocycles. The summed E-state index contributed by atoms with van der Waals surface area (Å²) in [7, 11) is -9.35. The number of hydrogen-bond donors (Lipinski definition) is 0. The van der Waals surface area contributed by atoms with Gasteiger partial charge in [0.2, 0.25) is 0 Å². The zero-order valence-corrected chi connectivity index (χ0v) is 56.8. The van der Waals surface area contributed by atoms with Crippen LogP contribution in [0.4, 0.5) is 0 Å². The number of hydrogen-bond acceptors (Lipinski definition) is 6. The fourth-order valence-corrected chi connectivity index (χ4v) is 35.1. The summed E-state index contributed by atoms with van der Waals surface area (Å²) in [6, 6.07) is 0. The van der Waals surface area contributed by atoms with E-state index in [0.29, 0.717) is 82.1 Å².